The van der Waals surface area contributed by atoms with Crippen LogP contribution >= 0.6 is 0 Å². The highest BCUT2D eigenvalue weighted by Gasteiger charge is 2.33. The van der Waals surface area contributed by atoms with Crippen molar-refractivity contribution in [1.29, 1.82) is 0 Å². The third kappa shape index (κ3) is 1.79. The van der Waals surface area contributed by atoms with Crippen LogP contribution in [0.5, 0.6) is 0 Å². The number of nitrogens with zero attached hydrogens (tertiary/aromatic N) is 2. The van der Waals surface area contributed by atoms with Crippen molar-refractivity contribution >= 4 is 5.91 Å². The molecule has 92 valence electrons. The fraction of sp³-hybridized carbons (Fsp3) is 0.286. The number of hydrogen-bond donors (Lipinski definition) is 1. The Labute approximate surface area is 106 Å². The van der Waals surface area contributed by atoms with Crippen LogP contribution in [0.15, 0.2) is 36.7 Å². The van der Waals surface area contributed by atoms with Crippen LogP contribution in [0, 0.1) is 0 Å². The van der Waals surface area contributed by atoms with Gasteiger partial charge in [0.25, 0.3) is 0 Å². The van der Waals surface area contributed by atoms with Crippen LogP contribution in [0.3, 0.4) is 0 Å². The van der Waals surface area contributed by atoms with Crippen molar-refractivity contribution in [3.05, 3.63) is 53.6 Å². The summed E-state index contributed by atoms with van der Waals surface area (Å²) in [5.74, 6) is 1.02. The molecule has 0 saturated heterocycles. The average molecular weight is 241 g/mol. The van der Waals surface area contributed by atoms with Gasteiger partial charge < -0.3 is 9.88 Å². The number of aromatic amines is 1. The summed E-state index contributed by atoms with van der Waals surface area (Å²) in [5, 5.41) is 0. The zero-order valence-corrected chi connectivity index (χ0v) is 10.3. The molecule has 0 spiro atoms. The van der Waals surface area contributed by atoms with E-state index in [-0.39, 0.29) is 11.8 Å². The summed E-state index contributed by atoms with van der Waals surface area (Å²) in [6.45, 7) is 0.532. The maximum atomic E-state index is 12.3. The highest BCUT2D eigenvalue weighted by Crippen LogP contribution is 2.35. The number of aromatic nitrogens is 2. The number of nitrogens with one attached hydrogen (secondary N) is 1. The van der Waals surface area contributed by atoms with Crippen molar-refractivity contribution < 1.29 is 4.79 Å². The molecule has 0 fully saturated rings. The third-order valence-electron chi connectivity index (χ3n) is 3.47. The lowest BCUT2D eigenvalue weighted by Gasteiger charge is -2.32. The first kappa shape index (κ1) is 11.0. The smallest absolute Gasteiger partial charge is 0.230 e. The molecule has 1 aliphatic rings. The number of carbonyl (C=O) groups excluding carboxylic acids is 1. The van der Waals surface area contributed by atoms with Gasteiger partial charge in [-0.1, -0.05) is 24.3 Å². The van der Waals surface area contributed by atoms with E-state index in [2.05, 4.69) is 16.0 Å². The summed E-state index contributed by atoms with van der Waals surface area (Å²) < 4.78 is 0. The van der Waals surface area contributed by atoms with Gasteiger partial charge in [0.15, 0.2) is 0 Å². The zero-order valence-electron chi connectivity index (χ0n) is 10.3. The molecule has 2 aromatic rings. The number of H-pyrrole nitrogens is 1. The lowest BCUT2D eigenvalue weighted by atomic mass is 9.77. The number of rotatable bonds is 3. The number of likely N-dealkylation sites (N-methyl/N-ethyl adjacent to an activating group) is 1. The molecular formula is C14H15N3O. The summed E-state index contributed by atoms with van der Waals surface area (Å²) in [6.07, 6.45) is 4.33. The SMILES string of the molecule is CN(Cc1ncc[nH]1)C(=O)C1Cc2ccccc21. The van der Waals surface area contributed by atoms with E-state index in [1.54, 1.807) is 17.3 Å². The number of benzene rings is 1. The predicted molar refractivity (Wildman–Crippen MR) is 67.9 cm³/mol. The first-order valence-corrected chi connectivity index (χ1v) is 6.07. The highest BCUT2D eigenvalue weighted by atomic mass is 16.2. The average Bonchev–Trinajstić information content (AvgIpc) is 2.83. The van der Waals surface area contributed by atoms with Gasteiger partial charge in [0, 0.05) is 19.4 Å². The van der Waals surface area contributed by atoms with Crippen molar-refractivity contribution in [2.45, 2.75) is 18.9 Å². The van der Waals surface area contributed by atoms with Crippen LogP contribution in [-0.4, -0.2) is 27.8 Å². The highest BCUT2D eigenvalue weighted by molar-refractivity contribution is 5.86. The van der Waals surface area contributed by atoms with Crippen LogP contribution in [0.2, 0.25) is 0 Å². The molecule has 1 aromatic carbocycles. The van der Waals surface area contributed by atoms with E-state index >= 15 is 0 Å². The van der Waals surface area contributed by atoms with Gasteiger partial charge in [0.05, 0.1) is 12.5 Å². The van der Waals surface area contributed by atoms with Crippen molar-refractivity contribution in [2.75, 3.05) is 7.05 Å². The molecule has 1 N–H and O–H groups in total. The molecule has 0 radical (unpaired) electrons. The minimum Gasteiger partial charge on any atom is -0.347 e. The molecule has 1 unspecified atom stereocenters. The Hall–Kier alpha value is -2.10. The van der Waals surface area contributed by atoms with Crippen molar-refractivity contribution in [3.63, 3.8) is 0 Å². The normalized spacial score (nSPS) is 16.8. The Bertz CT molecular complexity index is 562. The molecule has 1 heterocycles. The lowest BCUT2D eigenvalue weighted by molar-refractivity contribution is -0.132. The number of imidazole rings is 1. The van der Waals surface area contributed by atoms with Crippen LogP contribution in [0.4, 0.5) is 0 Å². The lowest BCUT2D eigenvalue weighted by Crippen LogP contribution is -2.36. The summed E-state index contributed by atoms with van der Waals surface area (Å²) >= 11 is 0. The van der Waals surface area contributed by atoms with Crippen LogP contribution in [0.1, 0.15) is 22.9 Å². The Morgan fingerprint density at radius 2 is 2.33 bits per heavy atom. The minimum absolute atomic E-state index is 0.0289. The number of fused-ring (bicyclic) bond motifs is 1. The topological polar surface area (TPSA) is 49.0 Å². The molecule has 18 heavy (non-hydrogen) atoms. The summed E-state index contributed by atoms with van der Waals surface area (Å²) in [6, 6.07) is 8.14. The second-order valence-electron chi connectivity index (χ2n) is 4.69. The minimum atomic E-state index is 0.0289. The van der Waals surface area contributed by atoms with Crippen LogP contribution in [-0.2, 0) is 17.8 Å². The number of hydrogen-bond acceptors (Lipinski definition) is 2. The molecule has 4 nitrogen and oxygen atoms in total. The van der Waals surface area contributed by atoms with Crippen LogP contribution in [0.25, 0.3) is 0 Å². The Morgan fingerprint density at radius 1 is 1.50 bits per heavy atom. The van der Waals surface area contributed by atoms with Gasteiger partial charge in [-0.2, -0.15) is 0 Å². The Kier molecular flexibility index (Phi) is 2.63. The van der Waals surface area contributed by atoms with E-state index in [0.717, 1.165) is 12.2 Å². The fourth-order valence-corrected chi connectivity index (χ4v) is 2.43. The second kappa shape index (κ2) is 4.29. The summed E-state index contributed by atoms with van der Waals surface area (Å²) in [7, 11) is 1.83. The van der Waals surface area contributed by atoms with E-state index in [9.17, 15) is 4.79 Å². The number of carbonyl (C=O) groups is 1. The Morgan fingerprint density at radius 3 is 3.06 bits per heavy atom. The zero-order chi connectivity index (χ0) is 12.5. The second-order valence-corrected chi connectivity index (χ2v) is 4.69. The molecule has 0 aliphatic heterocycles. The number of amides is 1. The quantitative estimate of drug-likeness (QED) is 0.889. The molecule has 0 bridgehead atoms. The molecule has 4 heteroatoms. The van der Waals surface area contributed by atoms with Gasteiger partial charge in [-0.3, -0.25) is 4.79 Å². The Balaban J connectivity index is 1.69. The van der Waals surface area contributed by atoms with Gasteiger partial charge in [0.2, 0.25) is 5.91 Å². The summed E-state index contributed by atoms with van der Waals surface area (Å²) in [4.78, 5) is 21.2. The first-order chi connectivity index (χ1) is 8.75. The van der Waals surface area contributed by atoms with Gasteiger partial charge in [0.1, 0.15) is 5.82 Å². The molecule has 1 amide bonds. The van der Waals surface area contributed by atoms with E-state index < -0.39 is 0 Å². The monoisotopic (exact) mass is 241 g/mol. The molecule has 3 rings (SSSR count). The van der Waals surface area contributed by atoms with Crippen LogP contribution < -0.4 is 0 Å². The van der Waals surface area contributed by atoms with Gasteiger partial charge in [-0.25, -0.2) is 4.98 Å². The third-order valence-corrected chi connectivity index (χ3v) is 3.47. The molecular weight excluding hydrogens is 226 g/mol. The van der Waals surface area contributed by atoms with Gasteiger partial charge in [-0.05, 0) is 17.5 Å². The van der Waals surface area contributed by atoms with E-state index in [4.69, 9.17) is 0 Å². The maximum Gasteiger partial charge on any atom is 0.230 e. The first-order valence-electron chi connectivity index (χ1n) is 6.07. The van der Waals surface area contributed by atoms with Crippen molar-refractivity contribution in [3.8, 4) is 0 Å². The predicted octanol–water partition coefficient (Wildman–Crippen LogP) is 1.71. The van der Waals surface area contributed by atoms with Gasteiger partial charge >= 0.3 is 0 Å². The van der Waals surface area contributed by atoms with Gasteiger partial charge in [-0.15, -0.1) is 0 Å². The fourth-order valence-electron chi connectivity index (χ4n) is 2.43. The molecule has 1 atom stereocenters. The largest absolute Gasteiger partial charge is 0.347 e. The molecule has 1 aliphatic carbocycles. The summed E-state index contributed by atoms with van der Waals surface area (Å²) in [5.41, 5.74) is 2.47. The van der Waals surface area contributed by atoms with E-state index in [1.807, 2.05) is 25.2 Å². The van der Waals surface area contributed by atoms with Crippen molar-refractivity contribution in [2.24, 2.45) is 0 Å². The molecule has 0 saturated carbocycles. The molecule has 1 aromatic heterocycles. The van der Waals surface area contributed by atoms with E-state index in [1.165, 1.54) is 11.1 Å². The maximum absolute atomic E-state index is 12.3. The van der Waals surface area contributed by atoms with E-state index in [0.29, 0.717) is 6.54 Å². The standard InChI is InChI=1S/C14H15N3O/c1-17(9-13-15-6-7-16-13)14(18)12-8-10-4-2-3-5-11(10)12/h2-7,12H,8-9H2,1H3,(H,15,16). The van der Waals surface area contributed by atoms with Crippen molar-refractivity contribution in [1.82, 2.24) is 14.9 Å².